The number of aromatic nitrogens is 2. The van der Waals surface area contributed by atoms with Gasteiger partial charge >= 0.3 is 0 Å². The fourth-order valence-corrected chi connectivity index (χ4v) is 3.75. The average Bonchev–Trinajstić information content (AvgIpc) is 3.08. The molecule has 2 amide bonds. The smallest absolute Gasteiger partial charge is 0.272 e. The van der Waals surface area contributed by atoms with Crippen LogP contribution in [0.1, 0.15) is 37.7 Å². The van der Waals surface area contributed by atoms with E-state index in [2.05, 4.69) is 10.4 Å². The molecule has 2 aromatic carbocycles. The molecule has 30 heavy (non-hydrogen) atoms. The summed E-state index contributed by atoms with van der Waals surface area (Å²) >= 11 is 5.89. The van der Waals surface area contributed by atoms with Gasteiger partial charge in [-0.05, 0) is 35.9 Å². The molecular weight excluding hydrogens is 407 g/mol. The third kappa shape index (κ3) is 4.07. The molecule has 2 heterocycles. The molecule has 0 fully saturated rings. The number of benzene rings is 2. The van der Waals surface area contributed by atoms with Gasteiger partial charge in [0, 0.05) is 48.4 Å². The molecule has 0 unspecified atom stereocenters. The summed E-state index contributed by atoms with van der Waals surface area (Å²) in [5.41, 5.74) is 3.16. The Hall–Kier alpha value is -3.19. The number of nitrogens with zero attached hydrogens (tertiary/aromatic N) is 3. The van der Waals surface area contributed by atoms with Crippen molar-refractivity contribution in [2.45, 2.75) is 19.5 Å². The Morgan fingerprint density at radius 2 is 1.97 bits per heavy atom. The maximum atomic E-state index is 13.5. The molecule has 6 nitrogen and oxygen atoms in total. The highest BCUT2D eigenvalue weighted by Crippen LogP contribution is 2.24. The summed E-state index contributed by atoms with van der Waals surface area (Å²) in [6.07, 6.45) is 0.574. The molecule has 1 aliphatic rings. The standard InChI is InChI=1S/C22H20ClFN4O2/c1-27-19-9-10-28(22(30)15-3-2-4-17(24)11-15)13-18(19)20(26-27)21(29)25-12-14-5-7-16(23)8-6-14/h2-8,11H,9-10,12-13H2,1H3,(H,25,29). The van der Waals surface area contributed by atoms with Gasteiger partial charge in [0.25, 0.3) is 11.8 Å². The van der Waals surface area contributed by atoms with Gasteiger partial charge in [-0.3, -0.25) is 14.3 Å². The molecule has 1 aromatic heterocycles. The van der Waals surface area contributed by atoms with Crippen molar-refractivity contribution >= 4 is 23.4 Å². The fraction of sp³-hybridized carbons (Fsp3) is 0.227. The lowest BCUT2D eigenvalue weighted by atomic mass is 10.0. The number of hydrogen-bond donors (Lipinski definition) is 1. The van der Waals surface area contributed by atoms with E-state index in [-0.39, 0.29) is 23.9 Å². The SMILES string of the molecule is Cn1nc(C(=O)NCc2ccc(Cl)cc2)c2c1CCN(C(=O)c1cccc(F)c1)C2. The van der Waals surface area contributed by atoms with Crippen LogP contribution in [0.25, 0.3) is 0 Å². The first-order valence-electron chi connectivity index (χ1n) is 9.54. The first-order valence-corrected chi connectivity index (χ1v) is 9.92. The summed E-state index contributed by atoms with van der Waals surface area (Å²) in [4.78, 5) is 27.2. The van der Waals surface area contributed by atoms with Crippen molar-refractivity contribution in [3.8, 4) is 0 Å². The predicted octanol–water partition coefficient (Wildman–Crippen LogP) is 3.34. The summed E-state index contributed by atoms with van der Waals surface area (Å²) in [5.74, 6) is -1.03. The van der Waals surface area contributed by atoms with Gasteiger partial charge in [0.15, 0.2) is 5.69 Å². The maximum Gasteiger partial charge on any atom is 0.272 e. The zero-order valence-electron chi connectivity index (χ0n) is 16.4. The number of nitrogens with one attached hydrogen (secondary N) is 1. The number of fused-ring (bicyclic) bond motifs is 1. The number of halogens is 2. The average molecular weight is 427 g/mol. The van der Waals surface area contributed by atoms with Crippen molar-refractivity contribution in [1.82, 2.24) is 20.0 Å². The highest BCUT2D eigenvalue weighted by atomic mass is 35.5. The molecule has 1 aliphatic heterocycles. The summed E-state index contributed by atoms with van der Waals surface area (Å²) in [6, 6.07) is 12.8. The van der Waals surface area contributed by atoms with Crippen LogP contribution in [0.15, 0.2) is 48.5 Å². The molecular formula is C22H20ClFN4O2. The summed E-state index contributed by atoms with van der Waals surface area (Å²) < 4.78 is 15.2. The van der Waals surface area contributed by atoms with Crippen molar-refractivity contribution in [2.24, 2.45) is 7.05 Å². The molecule has 0 saturated heterocycles. The first-order chi connectivity index (χ1) is 14.4. The molecule has 0 bridgehead atoms. The number of amides is 2. The van der Waals surface area contributed by atoms with Gasteiger partial charge in [-0.25, -0.2) is 4.39 Å². The van der Waals surface area contributed by atoms with Gasteiger partial charge in [0.1, 0.15) is 5.82 Å². The minimum atomic E-state index is -0.456. The van der Waals surface area contributed by atoms with Crippen LogP contribution in [-0.4, -0.2) is 33.0 Å². The highest BCUT2D eigenvalue weighted by Gasteiger charge is 2.29. The molecule has 0 saturated carbocycles. The van der Waals surface area contributed by atoms with Gasteiger partial charge in [-0.2, -0.15) is 5.10 Å². The monoisotopic (exact) mass is 426 g/mol. The lowest BCUT2D eigenvalue weighted by molar-refractivity contribution is 0.0730. The van der Waals surface area contributed by atoms with Crippen LogP contribution in [0.3, 0.4) is 0 Å². The molecule has 0 spiro atoms. The Balaban J connectivity index is 1.51. The quantitative estimate of drug-likeness (QED) is 0.695. The zero-order valence-corrected chi connectivity index (χ0v) is 17.1. The van der Waals surface area contributed by atoms with Gasteiger partial charge in [0.2, 0.25) is 0 Å². The second-order valence-electron chi connectivity index (χ2n) is 7.19. The van der Waals surface area contributed by atoms with E-state index in [1.807, 2.05) is 12.1 Å². The van der Waals surface area contributed by atoms with E-state index in [9.17, 15) is 14.0 Å². The molecule has 8 heteroatoms. The van der Waals surface area contributed by atoms with E-state index >= 15 is 0 Å². The van der Waals surface area contributed by atoms with Gasteiger partial charge in [-0.15, -0.1) is 0 Å². The molecule has 0 aliphatic carbocycles. The first kappa shape index (κ1) is 20.1. The summed E-state index contributed by atoms with van der Waals surface area (Å²) in [7, 11) is 1.79. The van der Waals surface area contributed by atoms with Crippen LogP contribution >= 0.6 is 11.6 Å². The van der Waals surface area contributed by atoms with E-state index in [0.717, 1.165) is 16.8 Å². The highest BCUT2D eigenvalue weighted by molar-refractivity contribution is 6.30. The number of carbonyl (C=O) groups excluding carboxylic acids is 2. The van der Waals surface area contributed by atoms with Gasteiger partial charge < -0.3 is 10.2 Å². The van der Waals surface area contributed by atoms with Crippen molar-refractivity contribution in [3.05, 3.63) is 87.4 Å². The topological polar surface area (TPSA) is 67.2 Å². The Labute approximate surface area is 178 Å². The molecule has 0 radical (unpaired) electrons. The number of aryl methyl sites for hydroxylation is 1. The normalized spacial score (nSPS) is 13.1. The van der Waals surface area contributed by atoms with Crippen molar-refractivity contribution in [1.29, 1.82) is 0 Å². The van der Waals surface area contributed by atoms with Crippen LogP contribution in [0.4, 0.5) is 4.39 Å². The predicted molar refractivity (Wildman–Crippen MR) is 111 cm³/mol. The number of rotatable bonds is 4. The fourth-order valence-electron chi connectivity index (χ4n) is 3.62. The maximum absolute atomic E-state index is 13.5. The van der Waals surface area contributed by atoms with E-state index in [1.165, 1.54) is 18.2 Å². The minimum absolute atomic E-state index is 0.252. The largest absolute Gasteiger partial charge is 0.347 e. The second kappa shape index (κ2) is 8.28. The van der Waals surface area contributed by atoms with E-state index < -0.39 is 5.82 Å². The number of hydrogen-bond acceptors (Lipinski definition) is 3. The zero-order chi connectivity index (χ0) is 21.3. The Kier molecular flexibility index (Phi) is 5.55. The minimum Gasteiger partial charge on any atom is -0.347 e. The lowest BCUT2D eigenvalue weighted by Gasteiger charge is -2.27. The van der Waals surface area contributed by atoms with E-state index in [0.29, 0.717) is 30.2 Å². The molecule has 3 aromatic rings. The Morgan fingerprint density at radius 1 is 1.20 bits per heavy atom. The Bertz CT molecular complexity index is 1110. The van der Waals surface area contributed by atoms with Crippen LogP contribution in [0, 0.1) is 5.82 Å². The van der Waals surface area contributed by atoms with Crippen LogP contribution in [-0.2, 0) is 26.6 Å². The molecule has 154 valence electrons. The van der Waals surface area contributed by atoms with Gasteiger partial charge in [-0.1, -0.05) is 29.8 Å². The third-order valence-electron chi connectivity index (χ3n) is 5.18. The number of carbonyl (C=O) groups is 2. The van der Waals surface area contributed by atoms with Crippen molar-refractivity contribution < 1.29 is 14.0 Å². The van der Waals surface area contributed by atoms with Crippen LogP contribution < -0.4 is 5.32 Å². The molecule has 0 atom stereocenters. The molecule has 1 N–H and O–H groups in total. The van der Waals surface area contributed by atoms with E-state index in [4.69, 9.17) is 11.6 Å². The van der Waals surface area contributed by atoms with Gasteiger partial charge in [0.05, 0.1) is 6.54 Å². The van der Waals surface area contributed by atoms with Crippen LogP contribution in [0.2, 0.25) is 5.02 Å². The summed E-state index contributed by atoms with van der Waals surface area (Å²) in [5, 5.41) is 7.89. The van der Waals surface area contributed by atoms with Crippen molar-refractivity contribution in [2.75, 3.05) is 6.54 Å². The third-order valence-corrected chi connectivity index (χ3v) is 5.43. The Morgan fingerprint density at radius 3 is 2.70 bits per heavy atom. The molecule has 4 rings (SSSR count). The lowest BCUT2D eigenvalue weighted by Crippen LogP contribution is -2.37. The second-order valence-corrected chi connectivity index (χ2v) is 7.63. The van der Waals surface area contributed by atoms with Crippen LogP contribution in [0.5, 0.6) is 0 Å². The van der Waals surface area contributed by atoms with E-state index in [1.54, 1.807) is 34.8 Å². The van der Waals surface area contributed by atoms with Crippen molar-refractivity contribution in [3.63, 3.8) is 0 Å². The summed E-state index contributed by atoms with van der Waals surface area (Å²) in [6.45, 7) is 1.07.